The molecule has 3 aromatic heterocycles. The van der Waals surface area contributed by atoms with Crippen LogP contribution in [0.4, 0.5) is 11.5 Å². The van der Waals surface area contributed by atoms with Crippen LogP contribution in [0.3, 0.4) is 0 Å². The maximum Gasteiger partial charge on any atom is 0.168 e. The Balaban J connectivity index is 1.44. The van der Waals surface area contributed by atoms with Crippen molar-refractivity contribution in [1.82, 2.24) is 24.5 Å². The number of benzene rings is 1. The Bertz CT molecular complexity index is 1150. The molecule has 144 valence electrons. The van der Waals surface area contributed by atoms with Crippen LogP contribution >= 0.6 is 11.8 Å². The van der Waals surface area contributed by atoms with Crippen molar-refractivity contribution < 1.29 is 4.74 Å². The van der Waals surface area contributed by atoms with Crippen LogP contribution in [0.2, 0.25) is 0 Å². The Morgan fingerprint density at radius 3 is 2.72 bits per heavy atom. The summed E-state index contributed by atoms with van der Waals surface area (Å²) in [6.45, 7) is 1.14. The molecule has 1 aliphatic heterocycles. The maximum absolute atomic E-state index is 5.43. The topological polar surface area (TPSA) is 69.0 Å². The normalized spacial score (nSPS) is 12.5. The lowest BCUT2D eigenvalue weighted by Crippen LogP contribution is -2.24. The molecule has 0 saturated carbocycles. The first-order valence-corrected chi connectivity index (χ1v) is 9.94. The first-order valence-electron chi connectivity index (χ1n) is 9.12. The Morgan fingerprint density at radius 1 is 1.00 bits per heavy atom. The van der Waals surface area contributed by atoms with E-state index in [0.717, 1.165) is 39.2 Å². The van der Waals surface area contributed by atoms with Crippen LogP contribution in [0.15, 0.2) is 77.6 Å². The van der Waals surface area contributed by atoms with Gasteiger partial charge in [0.05, 0.1) is 17.7 Å². The van der Waals surface area contributed by atoms with E-state index in [1.54, 1.807) is 43.7 Å². The molecule has 1 aliphatic rings. The standard InChI is InChI=1S/C21H18N6OS/c1-28-14-27-18-10-15(2-3-19(18)29-21-20(27)23-8-9-24-21)11-26-12-17(25-13-26)16-4-6-22-7-5-16/h2-10,12-13H,11,14H2,1H3. The lowest BCUT2D eigenvalue weighted by atomic mass is 10.1. The van der Waals surface area contributed by atoms with E-state index in [9.17, 15) is 0 Å². The van der Waals surface area contributed by atoms with Crippen molar-refractivity contribution in [3.63, 3.8) is 0 Å². The van der Waals surface area contributed by atoms with E-state index < -0.39 is 0 Å². The second-order valence-corrected chi connectivity index (χ2v) is 7.63. The highest BCUT2D eigenvalue weighted by atomic mass is 32.2. The van der Waals surface area contributed by atoms with E-state index in [2.05, 4.69) is 53.8 Å². The van der Waals surface area contributed by atoms with Crippen LogP contribution in [-0.4, -0.2) is 38.3 Å². The molecular weight excluding hydrogens is 384 g/mol. The fourth-order valence-corrected chi connectivity index (χ4v) is 4.33. The minimum atomic E-state index is 0.417. The second-order valence-electron chi connectivity index (χ2n) is 6.60. The van der Waals surface area contributed by atoms with E-state index in [4.69, 9.17) is 4.74 Å². The van der Waals surface area contributed by atoms with Gasteiger partial charge in [-0.1, -0.05) is 17.8 Å². The highest BCUT2D eigenvalue weighted by Gasteiger charge is 2.25. The van der Waals surface area contributed by atoms with Crippen molar-refractivity contribution in [3.05, 3.63) is 73.2 Å². The van der Waals surface area contributed by atoms with Gasteiger partial charge in [0.15, 0.2) is 5.82 Å². The molecule has 5 rings (SSSR count). The molecular formula is C21H18N6OS. The third kappa shape index (κ3) is 3.48. The fourth-order valence-electron chi connectivity index (χ4n) is 3.34. The molecule has 0 unspecified atom stereocenters. The van der Waals surface area contributed by atoms with Gasteiger partial charge in [0.25, 0.3) is 0 Å². The largest absolute Gasteiger partial charge is 0.364 e. The van der Waals surface area contributed by atoms with Crippen LogP contribution in [0.5, 0.6) is 0 Å². The van der Waals surface area contributed by atoms with Gasteiger partial charge in [-0.05, 0) is 29.8 Å². The first kappa shape index (κ1) is 17.8. The number of hydrogen-bond acceptors (Lipinski definition) is 7. The third-order valence-corrected chi connectivity index (χ3v) is 5.70. The van der Waals surface area contributed by atoms with Gasteiger partial charge in [0.2, 0.25) is 0 Å². The number of nitrogens with zero attached hydrogens (tertiary/aromatic N) is 6. The molecule has 1 aromatic carbocycles. The Hall–Kier alpha value is -3.23. The highest BCUT2D eigenvalue weighted by Crippen LogP contribution is 2.46. The molecule has 8 heteroatoms. The third-order valence-electron chi connectivity index (χ3n) is 4.66. The number of imidazole rings is 1. The number of rotatable bonds is 5. The van der Waals surface area contributed by atoms with Crippen LogP contribution < -0.4 is 4.90 Å². The summed E-state index contributed by atoms with van der Waals surface area (Å²) in [5.41, 5.74) is 4.25. The SMILES string of the molecule is COCN1c2cc(Cn3cnc(-c4ccncc4)c3)ccc2Sc2nccnc21. The average Bonchev–Trinajstić information content (AvgIpc) is 3.23. The average molecular weight is 402 g/mol. The Kier molecular flexibility index (Phi) is 4.71. The smallest absolute Gasteiger partial charge is 0.168 e. The second kappa shape index (κ2) is 7.65. The van der Waals surface area contributed by atoms with Gasteiger partial charge in [-0.3, -0.25) is 9.88 Å². The van der Waals surface area contributed by atoms with Crippen molar-refractivity contribution in [3.8, 4) is 11.3 Å². The number of fused-ring (bicyclic) bond motifs is 2. The molecule has 0 aliphatic carbocycles. The number of pyridine rings is 1. The van der Waals surface area contributed by atoms with E-state index in [-0.39, 0.29) is 0 Å². The van der Waals surface area contributed by atoms with Gasteiger partial charge < -0.3 is 9.30 Å². The first-order chi connectivity index (χ1) is 14.3. The fraction of sp³-hybridized carbons (Fsp3) is 0.143. The molecule has 29 heavy (non-hydrogen) atoms. The van der Waals surface area contributed by atoms with Gasteiger partial charge in [-0.25, -0.2) is 15.0 Å². The summed E-state index contributed by atoms with van der Waals surface area (Å²) >= 11 is 1.63. The zero-order valence-corrected chi connectivity index (χ0v) is 16.6. The summed E-state index contributed by atoms with van der Waals surface area (Å²) in [6.07, 6.45) is 10.9. The number of ether oxygens (including phenoxy) is 1. The van der Waals surface area contributed by atoms with Gasteiger partial charge in [-0.2, -0.15) is 0 Å². The summed E-state index contributed by atoms with van der Waals surface area (Å²) in [6, 6.07) is 10.4. The lowest BCUT2D eigenvalue weighted by Gasteiger charge is -2.30. The van der Waals surface area contributed by atoms with E-state index >= 15 is 0 Å². The number of hydrogen-bond donors (Lipinski definition) is 0. The minimum Gasteiger partial charge on any atom is -0.364 e. The number of anilines is 2. The molecule has 0 N–H and O–H groups in total. The van der Waals surface area contributed by atoms with Crippen LogP contribution in [0.25, 0.3) is 11.3 Å². The molecule has 0 amide bonds. The van der Waals surface area contributed by atoms with Crippen molar-refractivity contribution >= 4 is 23.3 Å². The summed E-state index contributed by atoms with van der Waals surface area (Å²) in [7, 11) is 1.69. The molecule has 0 radical (unpaired) electrons. The van der Waals surface area contributed by atoms with Crippen molar-refractivity contribution in [2.75, 3.05) is 18.7 Å². The zero-order chi connectivity index (χ0) is 19.6. The zero-order valence-electron chi connectivity index (χ0n) is 15.8. The van der Waals surface area contributed by atoms with E-state index in [1.807, 2.05) is 18.5 Å². The van der Waals surface area contributed by atoms with E-state index in [0.29, 0.717) is 6.73 Å². The molecule has 0 saturated heterocycles. The Morgan fingerprint density at radius 2 is 1.86 bits per heavy atom. The number of methoxy groups -OCH3 is 1. The molecule has 0 fully saturated rings. The molecule has 4 heterocycles. The summed E-state index contributed by atoms with van der Waals surface area (Å²) in [5, 5.41) is 0.890. The summed E-state index contributed by atoms with van der Waals surface area (Å²) in [4.78, 5) is 20.8. The molecule has 0 spiro atoms. The predicted octanol–water partition coefficient (Wildman–Crippen LogP) is 3.99. The monoisotopic (exact) mass is 402 g/mol. The van der Waals surface area contributed by atoms with Gasteiger partial charge in [0.1, 0.15) is 11.8 Å². The van der Waals surface area contributed by atoms with E-state index in [1.165, 1.54) is 5.56 Å². The number of aromatic nitrogens is 5. The molecule has 4 aromatic rings. The lowest BCUT2D eigenvalue weighted by molar-refractivity contribution is 0.204. The van der Waals surface area contributed by atoms with Crippen LogP contribution in [0.1, 0.15) is 5.56 Å². The molecule has 7 nitrogen and oxygen atoms in total. The summed E-state index contributed by atoms with van der Waals surface area (Å²) in [5.74, 6) is 0.826. The van der Waals surface area contributed by atoms with Crippen LogP contribution in [-0.2, 0) is 11.3 Å². The van der Waals surface area contributed by atoms with Crippen molar-refractivity contribution in [2.45, 2.75) is 16.5 Å². The molecule has 0 atom stereocenters. The minimum absolute atomic E-state index is 0.417. The van der Waals surface area contributed by atoms with Crippen LogP contribution in [0, 0.1) is 0 Å². The predicted molar refractivity (Wildman–Crippen MR) is 111 cm³/mol. The maximum atomic E-state index is 5.43. The highest BCUT2D eigenvalue weighted by molar-refractivity contribution is 7.99. The Labute approximate surface area is 172 Å². The quantitative estimate of drug-likeness (QED) is 0.500. The van der Waals surface area contributed by atoms with Gasteiger partial charge in [0, 0.05) is 55.1 Å². The van der Waals surface area contributed by atoms with Crippen molar-refractivity contribution in [1.29, 1.82) is 0 Å². The van der Waals surface area contributed by atoms with Gasteiger partial charge >= 0.3 is 0 Å². The van der Waals surface area contributed by atoms with Crippen molar-refractivity contribution in [2.24, 2.45) is 0 Å². The summed E-state index contributed by atoms with van der Waals surface area (Å²) < 4.78 is 7.52. The molecule has 0 bridgehead atoms. The van der Waals surface area contributed by atoms with Gasteiger partial charge in [-0.15, -0.1) is 0 Å².